The van der Waals surface area contributed by atoms with Crippen molar-refractivity contribution in [3.05, 3.63) is 51.6 Å². The van der Waals surface area contributed by atoms with Crippen LogP contribution >= 0.6 is 11.6 Å². The van der Waals surface area contributed by atoms with Crippen LogP contribution < -0.4 is 5.32 Å². The average Bonchev–Trinajstić information content (AvgIpc) is 2.89. The number of rotatable bonds is 8. The third-order valence-corrected chi connectivity index (χ3v) is 4.24. The maximum Gasteiger partial charge on any atom is 0.356 e. The minimum absolute atomic E-state index is 0.00324. The predicted octanol–water partition coefficient (Wildman–Crippen LogP) is 3.49. The maximum absolute atomic E-state index is 13.8. The van der Waals surface area contributed by atoms with Gasteiger partial charge in [0.05, 0.1) is 12.6 Å². The molecule has 0 bridgehead atoms. The molecule has 0 aliphatic heterocycles. The van der Waals surface area contributed by atoms with E-state index in [1.165, 1.54) is 6.92 Å². The monoisotopic (exact) mass is 411 g/mol. The Morgan fingerprint density at radius 1 is 1.26 bits per heavy atom. The Labute approximate surface area is 155 Å². The smallest absolute Gasteiger partial charge is 0.356 e. The summed E-state index contributed by atoms with van der Waals surface area (Å²) in [5.41, 5.74) is -0.665. The summed E-state index contributed by atoms with van der Waals surface area (Å²) < 4.78 is 66.0. The summed E-state index contributed by atoms with van der Waals surface area (Å²) in [5, 5.41) is 15.4. The van der Waals surface area contributed by atoms with Crippen molar-refractivity contribution in [1.82, 2.24) is 15.1 Å². The van der Waals surface area contributed by atoms with Gasteiger partial charge in [0.2, 0.25) is 0 Å². The van der Waals surface area contributed by atoms with Gasteiger partial charge in [-0.15, -0.1) is 0 Å². The van der Waals surface area contributed by atoms with Crippen LogP contribution in [0.15, 0.2) is 12.1 Å². The second kappa shape index (κ2) is 8.66. The molecule has 1 aromatic carbocycles. The Balaban J connectivity index is 2.26. The standard InChI is InChI=1S/C16H15ClF5N3O2/c1-7(15(21)22)23-3-2-9-13(16(26)27)24-25(14(9)17)6-8-4-11(19)12(20)5-10(8)18/h4-5,7,15,23H,2-3,6H2,1H3,(H,26,27). The van der Waals surface area contributed by atoms with Gasteiger partial charge >= 0.3 is 5.97 Å². The molecule has 0 radical (unpaired) electrons. The molecule has 0 saturated carbocycles. The molecule has 0 saturated heterocycles. The predicted molar refractivity (Wildman–Crippen MR) is 86.8 cm³/mol. The van der Waals surface area contributed by atoms with Gasteiger partial charge in [-0.1, -0.05) is 11.6 Å². The first-order chi connectivity index (χ1) is 12.6. The first-order valence-corrected chi connectivity index (χ1v) is 8.13. The van der Waals surface area contributed by atoms with Crippen molar-refractivity contribution in [2.24, 2.45) is 0 Å². The molecule has 148 valence electrons. The summed E-state index contributed by atoms with van der Waals surface area (Å²) in [5.74, 6) is -5.11. The average molecular weight is 412 g/mol. The highest BCUT2D eigenvalue weighted by molar-refractivity contribution is 6.30. The lowest BCUT2D eigenvalue weighted by Gasteiger charge is -2.12. The quantitative estimate of drug-likeness (QED) is 0.515. The largest absolute Gasteiger partial charge is 0.476 e. The van der Waals surface area contributed by atoms with Crippen LogP contribution in [0.3, 0.4) is 0 Å². The molecule has 0 aliphatic rings. The number of benzene rings is 1. The number of aromatic carboxylic acids is 1. The Kier molecular flexibility index (Phi) is 6.77. The number of alkyl halides is 2. The van der Waals surface area contributed by atoms with E-state index in [2.05, 4.69) is 10.4 Å². The third-order valence-electron chi connectivity index (χ3n) is 3.81. The number of hydrogen-bond acceptors (Lipinski definition) is 3. The van der Waals surface area contributed by atoms with E-state index in [1.54, 1.807) is 0 Å². The molecule has 2 N–H and O–H groups in total. The summed E-state index contributed by atoms with van der Waals surface area (Å²) in [6.45, 7) is 0.819. The number of carboxylic acids is 1. The molecule has 1 unspecified atom stereocenters. The van der Waals surface area contributed by atoms with Crippen LogP contribution in [0.2, 0.25) is 5.15 Å². The van der Waals surface area contributed by atoms with Crippen molar-refractivity contribution in [3.8, 4) is 0 Å². The fourth-order valence-corrected chi connectivity index (χ4v) is 2.62. The van der Waals surface area contributed by atoms with E-state index in [4.69, 9.17) is 11.6 Å². The summed E-state index contributed by atoms with van der Waals surface area (Å²) in [6, 6.07) is -0.130. The molecular formula is C16H15ClF5N3O2. The van der Waals surface area contributed by atoms with Crippen molar-refractivity contribution in [3.63, 3.8) is 0 Å². The summed E-state index contributed by atoms with van der Waals surface area (Å²) in [6.07, 6.45) is -2.63. The Bertz CT molecular complexity index is 844. The van der Waals surface area contributed by atoms with Crippen molar-refractivity contribution in [1.29, 1.82) is 0 Å². The number of nitrogens with zero attached hydrogens (tertiary/aromatic N) is 2. The van der Waals surface area contributed by atoms with Crippen LogP contribution in [0.5, 0.6) is 0 Å². The normalized spacial score (nSPS) is 12.6. The third kappa shape index (κ3) is 4.95. The SMILES string of the molecule is CC(NCCc1c(C(=O)O)nn(Cc2cc(F)c(F)cc2F)c1Cl)C(F)F. The first kappa shape index (κ1) is 21.1. The van der Waals surface area contributed by atoms with Crippen molar-refractivity contribution in [2.45, 2.75) is 32.4 Å². The number of carbonyl (C=O) groups is 1. The fourth-order valence-electron chi connectivity index (χ4n) is 2.34. The summed E-state index contributed by atoms with van der Waals surface area (Å²) in [4.78, 5) is 11.4. The zero-order valence-electron chi connectivity index (χ0n) is 13.9. The van der Waals surface area contributed by atoms with Crippen LogP contribution in [0, 0.1) is 17.5 Å². The number of nitrogens with one attached hydrogen (secondary N) is 1. The van der Waals surface area contributed by atoms with Gasteiger partial charge in [-0.2, -0.15) is 5.10 Å². The van der Waals surface area contributed by atoms with Crippen LogP contribution in [0.25, 0.3) is 0 Å². The lowest BCUT2D eigenvalue weighted by molar-refractivity contribution is 0.0688. The second-order valence-corrected chi connectivity index (χ2v) is 6.12. The fraction of sp³-hybridized carbons (Fsp3) is 0.375. The molecule has 2 rings (SSSR count). The molecular weight excluding hydrogens is 397 g/mol. The van der Waals surface area contributed by atoms with Crippen molar-refractivity contribution in [2.75, 3.05) is 6.54 Å². The van der Waals surface area contributed by atoms with Crippen molar-refractivity contribution >= 4 is 17.6 Å². The molecule has 2 aromatic rings. The number of carboxylic acid groups (broad SMARTS) is 1. The van der Waals surface area contributed by atoms with Gasteiger partial charge < -0.3 is 10.4 Å². The molecule has 0 aliphatic carbocycles. The molecule has 1 heterocycles. The Hall–Kier alpha value is -2.20. The highest BCUT2D eigenvalue weighted by Gasteiger charge is 2.23. The van der Waals surface area contributed by atoms with Gasteiger partial charge in [0.1, 0.15) is 11.0 Å². The molecule has 1 aromatic heterocycles. The van der Waals surface area contributed by atoms with E-state index in [-0.39, 0.29) is 29.2 Å². The molecule has 0 amide bonds. The van der Waals surface area contributed by atoms with Crippen molar-refractivity contribution < 1.29 is 31.9 Å². The highest BCUT2D eigenvalue weighted by Crippen LogP contribution is 2.23. The highest BCUT2D eigenvalue weighted by atomic mass is 35.5. The minimum atomic E-state index is -2.60. The Morgan fingerprint density at radius 3 is 2.48 bits per heavy atom. The molecule has 11 heteroatoms. The zero-order valence-corrected chi connectivity index (χ0v) is 14.7. The van der Waals surface area contributed by atoms with Crippen LogP contribution in [0.1, 0.15) is 28.5 Å². The number of halogens is 6. The maximum atomic E-state index is 13.8. The Morgan fingerprint density at radius 2 is 1.89 bits per heavy atom. The van der Waals surface area contributed by atoms with E-state index >= 15 is 0 Å². The topological polar surface area (TPSA) is 67.2 Å². The molecule has 0 spiro atoms. The van der Waals surface area contributed by atoms with Gasteiger partial charge in [0, 0.05) is 17.2 Å². The lowest BCUT2D eigenvalue weighted by Crippen LogP contribution is -2.34. The van der Waals surface area contributed by atoms with E-state index < -0.39 is 48.1 Å². The molecule has 0 fully saturated rings. The zero-order chi connectivity index (χ0) is 20.3. The molecule has 5 nitrogen and oxygen atoms in total. The van der Waals surface area contributed by atoms with Gasteiger partial charge in [-0.25, -0.2) is 31.4 Å². The van der Waals surface area contributed by atoms with Gasteiger partial charge in [0.25, 0.3) is 6.43 Å². The van der Waals surface area contributed by atoms with E-state index in [9.17, 15) is 31.9 Å². The van der Waals surface area contributed by atoms with E-state index in [0.29, 0.717) is 12.1 Å². The molecule has 1 atom stereocenters. The second-order valence-electron chi connectivity index (χ2n) is 5.77. The van der Waals surface area contributed by atoms with E-state index in [1.807, 2.05) is 0 Å². The van der Waals surface area contributed by atoms with Crippen LogP contribution in [-0.2, 0) is 13.0 Å². The first-order valence-electron chi connectivity index (χ1n) is 7.75. The van der Waals surface area contributed by atoms with Gasteiger partial charge in [0.15, 0.2) is 17.3 Å². The lowest BCUT2D eigenvalue weighted by atomic mass is 10.1. The number of hydrogen-bond donors (Lipinski definition) is 2. The van der Waals surface area contributed by atoms with Gasteiger partial charge in [-0.05, 0) is 26.0 Å². The van der Waals surface area contributed by atoms with Crippen LogP contribution in [-0.4, -0.2) is 39.9 Å². The molecule has 27 heavy (non-hydrogen) atoms. The van der Waals surface area contributed by atoms with Crippen LogP contribution in [0.4, 0.5) is 22.0 Å². The minimum Gasteiger partial charge on any atom is -0.476 e. The summed E-state index contributed by atoms with van der Waals surface area (Å²) >= 11 is 6.10. The summed E-state index contributed by atoms with van der Waals surface area (Å²) in [7, 11) is 0. The number of aromatic nitrogens is 2. The van der Waals surface area contributed by atoms with Gasteiger partial charge in [-0.3, -0.25) is 0 Å². The van der Waals surface area contributed by atoms with E-state index in [0.717, 1.165) is 4.68 Å².